The summed E-state index contributed by atoms with van der Waals surface area (Å²) >= 11 is 0. The fourth-order valence-electron chi connectivity index (χ4n) is 4.24. The van der Waals surface area contributed by atoms with E-state index in [0.29, 0.717) is 6.42 Å². The van der Waals surface area contributed by atoms with E-state index in [1.54, 1.807) is 0 Å². The molecule has 0 heterocycles. The van der Waals surface area contributed by atoms with Crippen LogP contribution in [0.4, 0.5) is 0 Å². The first kappa shape index (κ1) is 24.0. The van der Waals surface area contributed by atoms with E-state index in [-0.39, 0.29) is 5.78 Å². The van der Waals surface area contributed by atoms with Crippen molar-refractivity contribution in [3.8, 4) is 0 Å². The third-order valence-electron chi connectivity index (χ3n) is 5.91. The van der Waals surface area contributed by atoms with Crippen LogP contribution >= 0.6 is 6.89 Å². The molecule has 0 aliphatic heterocycles. The highest BCUT2D eigenvalue weighted by molar-refractivity contribution is 7.95. The zero-order chi connectivity index (χ0) is 22.5. The zero-order valence-electron chi connectivity index (χ0n) is 19.0. The Morgan fingerprint density at radius 3 is 1.47 bits per heavy atom. The molecule has 0 aliphatic rings. The average Bonchev–Trinajstić information content (AvgIpc) is 2.86. The van der Waals surface area contributed by atoms with Crippen LogP contribution in [0.5, 0.6) is 0 Å². The molecule has 0 spiro atoms. The van der Waals surface area contributed by atoms with Crippen LogP contribution in [0.25, 0.3) is 0 Å². The molecule has 0 unspecified atom stereocenters. The molecular weight excluding hydrogens is 407 g/mol. The van der Waals surface area contributed by atoms with Crippen molar-refractivity contribution in [1.29, 1.82) is 0 Å². The number of carbonyl (C=O) groups excluding carboxylic acids is 1. The van der Waals surface area contributed by atoms with E-state index in [9.17, 15) is 4.79 Å². The fraction of sp³-hybridized carbons (Fsp3) is 0.267. The Balaban J connectivity index is 1.87. The molecule has 0 atom stereocenters. The smallest absolute Gasteiger partial charge is 0.156 e. The molecule has 0 N–H and O–H groups in total. The average molecular weight is 443 g/mol. The molecule has 0 radical (unpaired) electrons. The fourth-order valence-corrected chi connectivity index (χ4v) is 8.07. The van der Waals surface area contributed by atoms with Gasteiger partial charge in [-0.05, 0) is 47.9 Å². The summed E-state index contributed by atoms with van der Waals surface area (Å²) in [5.74, 6) is 2.35. The summed E-state index contributed by atoms with van der Waals surface area (Å²) in [6, 6.07) is 31.7. The summed E-state index contributed by atoms with van der Waals surface area (Å²) < 4.78 is 0. The monoisotopic (exact) mass is 442 g/mol. The largest absolute Gasteiger partial charge is 0.295 e. The Bertz CT molecular complexity index is 903. The molecule has 0 saturated heterocycles. The van der Waals surface area contributed by atoms with Crippen molar-refractivity contribution >= 4 is 34.4 Å². The van der Waals surface area contributed by atoms with Crippen LogP contribution < -0.4 is 15.9 Å². The van der Waals surface area contributed by atoms with E-state index in [1.165, 1.54) is 41.6 Å². The third-order valence-corrected chi connectivity index (χ3v) is 9.92. The molecule has 0 saturated carbocycles. The summed E-state index contributed by atoms with van der Waals surface area (Å²) in [5, 5.41) is 3.69. The van der Waals surface area contributed by atoms with Crippen LogP contribution in [0.3, 0.4) is 0 Å². The highest BCUT2D eigenvalue weighted by Gasteiger charge is 2.26. The number of rotatable bonds is 13. The number of hydrogen-bond acceptors (Lipinski definition) is 1. The van der Waals surface area contributed by atoms with Gasteiger partial charge < -0.3 is 0 Å². The lowest BCUT2D eigenvalue weighted by Gasteiger charge is -2.28. The predicted octanol–water partition coefficient (Wildman–Crippen LogP) is 6.66. The second-order valence-electron chi connectivity index (χ2n) is 8.27. The van der Waals surface area contributed by atoms with Gasteiger partial charge in [-0.3, -0.25) is 4.79 Å². The summed E-state index contributed by atoms with van der Waals surface area (Å²) in [6.07, 6.45) is 10.8. The van der Waals surface area contributed by atoms with E-state index in [4.69, 9.17) is 0 Å². The SMILES string of the molecule is C=CCCCCCCCCC(=O)C=P(c1ccccc1)(c1ccccc1)c1ccccc1. The second kappa shape index (κ2) is 13.0. The van der Waals surface area contributed by atoms with Gasteiger partial charge in [-0.2, -0.15) is 0 Å². The van der Waals surface area contributed by atoms with E-state index >= 15 is 0 Å². The molecule has 166 valence electrons. The van der Waals surface area contributed by atoms with Crippen molar-refractivity contribution in [2.24, 2.45) is 0 Å². The number of ketones is 1. The Morgan fingerprint density at radius 2 is 1.03 bits per heavy atom. The molecule has 0 bridgehead atoms. The van der Waals surface area contributed by atoms with Crippen LogP contribution in [-0.2, 0) is 4.79 Å². The standard InChI is InChI=1S/C30H35OP/c1-2-3-4-5-6-7-8-12-19-27(31)26-32(28-20-13-9-14-21-28,29-22-15-10-16-23-29)30-24-17-11-18-25-30/h2,9-11,13-18,20-26H,1,3-8,12,19H2. The van der Waals surface area contributed by atoms with Crippen LogP contribution in [-0.4, -0.2) is 11.6 Å². The van der Waals surface area contributed by atoms with E-state index in [1.807, 2.05) is 24.3 Å². The topological polar surface area (TPSA) is 17.1 Å². The van der Waals surface area contributed by atoms with Gasteiger partial charge in [-0.25, -0.2) is 0 Å². The summed E-state index contributed by atoms with van der Waals surface area (Å²) in [6.45, 7) is 1.62. The first-order chi connectivity index (χ1) is 15.8. The van der Waals surface area contributed by atoms with Gasteiger partial charge in [0.05, 0.1) is 0 Å². The van der Waals surface area contributed by atoms with Crippen LogP contribution in [0.1, 0.15) is 51.4 Å². The molecule has 32 heavy (non-hydrogen) atoms. The highest BCUT2D eigenvalue weighted by Crippen LogP contribution is 2.43. The maximum atomic E-state index is 13.3. The predicted molar refractivity (Wildman–Crippen MR) is 143 cm³/mol. The van der Waals surface area contributed by atoms with Gasteiger partial charge in [-0.1, -0.05) is 123 Å². The van der Waals surface area contributed by atoms with Gasteiger partial charge in [-0.15, -0.1) is 6.58 Å². The number of hydrogen-bond donors (Lipinski definition) is 0. The number of Topliss-reactive ketones (excluding diaryl/α,β-unsaturated/α-hetero) is 1. The van der Waals surface area contributed by atoms with Crippen molar-refractivity contribution in [2.45, 2.75) is 51.4 Å². The van der Waals surface area contributed by atoms with E-state index in [2.05, 4.69) is 85.2 Å². The number of unbranched alkanes of at least 4 members (excludes halogenated alkanes) is 6. The number of benzene rings is 3. The first-order valence-electron chi connectivity index (χ1n) is 11.8. The molecule has 0 fully saturated rings. The van der Waals surface area contributed by atoms with Crippen LogP contribution in [0.15, 0.2) is 104 Å². The number of carbonyl (C=O) groups is 1. The molecule has 0 amide bonds. The Morgan fingerprint density at radius 1 is 0.625 bits per heavy atom. The highest BCUT2D eigenvalue weighted by atomic mass is 31.2. The lowest BCUT2D eigenvalue weighted by molar-refractivity contribution is -0.112. The lowest BCUT2D eigenvalue weighted by Crippen LogP contribution is -2.28. The van der Waals surface area contributed by atoms with Crippen molar-refractivity contribution < 1.29 is 4.79 Å². The van der Waals surface area contributed by atoms with Crippen LogP contribution in [0.2, 0.25) is 0 Å². The molecular formula is C30H35OP. The number of allylic oxidation sites excluding steroid dienone is 1. The molecule has 1 nitrogen and oxygen atoms in total. The molecule has 0 aromatic heterocycles. The van der Waals surface area contributed by atoms with Crippen molar-refractivity contribution in [2.75, 3.05) is 0 Å². The van der Waals surface area contributed by atoms with Crippen molar-refractivity contribution in [3.63, 3.8) is 0 Å². The van der Waals surface area contributed by atoms with Crippen molar-refractivity contribution in [1.82, 2.24) is 0 Å². The quantitative estimate of drug-likeness (QED) is 0.164. The third kappa shape index (κ3) is 6.44. The molecule has 3 aromatic carbocycles. The maximum Gasteiger partial charge on any atom is 0.156 e. The summed E-state index contributed by atoms with van der Waals surface area (Å²) in [4.78, 5) is 13.3. The normalized spacial score (nSPS) is 11.1. The zero-order valence-corrected chi connectivity index (χ0v) is 19.9. The van der Waals surface area contributed by atoms with Gasteiger partial charge in [0.1, 0.15) is 0 Å². The van der Waals surface area contributed by atoms with Gasteiger partial charge >= 0.3 is 0 Å². The van der Waals surface area contributed by atoms with Gasteiger partial charge in [0.25, 0.3) is 0 Å². The van der Waals surface area contributed by atoms with Gasteiger partial charge in [0.2, 0.25) is 0 Å². The van der Waals surface area contributed by atoms with Gasteiger partial charge in [0.15, 0.2) is 5.78 Å². The summed E-state index contributed by atoms with van der Waals surface area (Å²) in [7, 11) is 0. The van der Waals surface area contributed by atoms with E-state index in [0.717, 1.165) is 19.3 Å². The van der Waals surface area contributed by atoms with Crippen LogP contribution in [0, 0.1) is 0 Å². The van der Waals surface area contributed by atoms with Crippen molar-refractivity contribution in [3.05, 3.63) is 104 Å². The minimum atomic E-state index is -2.17. The minimum absolute atomic E-state index is 0.265. The Kier molecular flexibility index (Phi) is 9.79. The minimum Gasteiger partial charge on any atom is -0.295 e. The Labute approximate surface area is 194 Å². The molecule has 3 rings (SSSR count). The summed E-state index contributed by atoms with van der Waals surface area (Å²) in [5.41, 5.74) is 0. The van der Waals surface area contributed by atoms with Gasteiger partial charge in [0, 0.05) is 6.42 Å². The Hall–Kier alpha value is -2.63. The maximum absolute atomic E-state index is 13.3. The first-order valence-corrected chi connectivity index (χ1v) is 13.7. The van der Waals surface area contributed by atoms with E-state index < -0.39 is 6.89 Å². The molecule has 2 heteroatoms. The molecule has 3 aromatic rings. The second-order valence-corrected chi connectivity index (χ2v) is 11.5. The molecule has 0 aliphatic carbocycles. The lowest BCUT2D eigenvalue weighted by atomic mass is 10.1.